The van der Waals surface area contributed by atoms with Gasteiger partial charge in [-0.25, -0.2) is 9.97 Å². The molecule has 0 aliphatic carbocycles. The first kappa shape index (κ1) is 11.7. The van der Waals surface area contributed by atoms with Crippen molar-refractivity contribution >= 4 is 11.1 Å². The highest BCUT2D eigenvalue weighted by Gasteiger charge is 2.17. The lowest BCUT2D eigenvalue weighted by atomic mass is 10.3. The van der Waals surface area contributed by atoms with E-state index in [0.717, 1.165) is 12.4 Å². The van der Waals surface area contributed by atoms with E-state index >= 15 is 0 Å². The highest BCUT2D eigenvalue weighted by molar-refractivity contribution is 7.78. The minimum atomic E-state index is -2.87. The quantitative estimate of drug-likeness (QED) is 0.591. The Bertz CT molecular complexity index is 544. The summed E-state index contributed by atoms with van der Waals surface area (Å²) in [5, 5.41) is 6.04. The van der Waals surface area contributed by atoms with Crippen LogP contribution in [0.25, 0.3) is 11.5 Å². The highest BCUT2D eigenvalue weighted by Crippen LogP contribution is 2.22. The zero-order chi connectivity index (χ0) is 12.4. The van der Waals surface area contributed by atoms with E-state index in [-0.39, 0.29) is 11.5 Å². The molecule has 10 heteroatoms. The lowest BCUT2D eigenvalue weighted by molar-refractivity contribution is 0.116. The monoisotopic (exact) mass is 261 g/mol. The van der Waals surface area contributed by atoms with E-state index in [4.69, 9.17) is 0 Å². The van der Waals surface area contributed by atoms with Crippen LogP contribution in [0.1, 0.15) is 12.3 Å². The fraction of sp³-hybridized carbons (Fsp3) is 0.143. The minimum absolute atomic E-state index is 0.151. The molecule has 0 aliphatic heterocycles. The third-order valence-corrected chi connectivity index (χ3v) is 2.16. The lowest BCUT2D eigenvalue weighted by Crippen LogP contribution is -1.97. The Labute approximate surface area is 95.2 Å². The molecule has 0 fully saturated rings. The number of aromatic nitrogens is 4. The molecule has 0 radical (unpaired) electrons. The molecule has 0 spiro atoms. The molecule has 2 heterocycles. The molecule has 1 atom stereocenters. The van der Waals surface area contributed by atoms with Crippen molar-refractivity contribution in [3.63, 3.8) is 0 Å². The smallest absolute Gasteiger partial charge is 0.314 e. The van der Waals surface area contributed by atoms with E-state index in [1.54, 1.807) is 0 Å². The molecule has 0 saturated carbocycles. The van der Waals surface area contributed by atoms with Crippen LogP contribution in [0.15, 0.2) is 22.0 Å². The number of hydrogen-bond acceptors (Lipinski definition) is 7. The molecule has 0 aliphatic rings. The van der Waals surface area contributed by atoms with Gasteiger partial charge < -0.3 is 8.97 Å². The van der Waals surface area contributed by atoms with Gasteiger partial charge in [-0.2, -0.15) is 8.78 Å². The Hall–Kier alpha value is -1.81. The van der Waals surface area contributed by atoms with Crippen molar-refractivity contribution in [3.05, 3.63) is 18.3 Å². The maximum Gasteiger partial charge on any atom is 0.314 e. The second-order valence-electron chi connectivity index (χ2n) is 2.74. The van der Waals surface area contributed by atoms with Gasteiger partial charge in [0.25, 0.3) is 11.8 Å². The first-order valence-electron chi connectivity index (χ1n) is 4.11. The molecule has 0 saturated heterocycles. The predicted octanol–water partition coefficient (Wildman–Crippen LogP) is 0.702. The molecular weight excluding hydrogens is 258 g/mol. The van der Waals surface area contributed by atoms with E-state index in [0.29, 0.717) is 0 Å². The van der Waals surface area contributed by atoms with E-state index in [1.165, 1.54) is 0 Å². The first-order valence-corrected chi connectivity index (χ1v) is 5.18. The second kappa shape index (κ2) is 4.59. The van der Waals surface area contributed by atoms with Crippen LogP contribution in [0.4, 0.5) is 8.78 Å². The van der Waals surface area contributed by atoms with E-state index in [1.807, 2.05) is 0 Å². The standard InChI is InChI=1S/C7H4F2N4O3S/c8-4(9)6-13-12-5(16-6)3-1-10-7(11-2-3)17(14)15/h1-2,4H,(H,14,15)/p-1. The lowest BCUT2D eigenvalue weighted by Gasteiger charge is -2.01. The van der Waals surface area contributed by atoms with Gasteiger partial charge in [-0.05, 0) is 0 Å². The second-order valence-corrected chi connectivity index (χ2v) is 3.57. The number of halogens is 2. The zero-order valence-corrected chi connectivity index (χ0v) is 8.73. The van der Waals surface area contributed by atoms with Crippen LogP contribution in [0.3, 0.4) is 0 Å². The first-order chi connectivity index (χ1) is 8.08. The third-order valence-electron chi connectivity index (χ3n) is 1.65. The van der Waals surface area contributed by atoms with Crippen LogP contribution in [-0.4, -0.2) is 28.9 Å². The van der Waals surface area contributed by atoms with Crippen molar-refractivity contribution in [2.75, 3.05) is 0 Å². The molecule has 0 N–H and O–H groups in total. The van der Waals surface area contributed by atoms with Crippen molar-refractivity contribution in [2.24, 2.45) is 0 Å². The van der Waals surface area contributed by atoms with Gasteiger partial charge in [0.05, 0.1) is 5.56 Å². The molecule has 17 heavy (non-hydrogen) atoms. The Balaban J connectivity index is 2.30. The Morgan fingerprint density at radius 3 is 2.41 bits per heavy atom. The summed E-state index contributed by atoms with van der Waals surface area (Å²) >= 11 is -2.55. The van der Waals surface area contributed by atoms with E-state index in [2.05, 4.69) is 24.6 Å². The minimum Gasteiger partial charge on any atom is -0.766 e. The Kier molecular flexibility index (Phi) is 3.15. The van der Waals surface area contributed by atoms with Crippen molar-refractivity contribution in [3.8, 4) is 11.5 Å². The number of rotatable bonds is 3. The normalized spacial score (nSPS) is 12.9. The summed E-state index contributed by atoms with van der Waals surface area (Å²) < 4.78 is 49.9. The zero-order valence-electron chi connectivity index (χ0n) is 7.91. The molecule has 90 valence electrons. The van der Waals surface area contributed by atoms with Crippen molar-refractivity contribution in [1.29, 1.82) is 0 Å². The SMILES string of the molecule is O=S([O-])c1ncc(-c2nnc(C(F)F)o2)cn1. The molecule has 2 aromatic rings. The summed E-state index contributed by atoms with van der Waals surface area (Å²) in [5.41, 5.74) is 0.151. The average molecular weight is 261 g/mol. The summed E-state index contributed by atoms with van der Waals surface area (Å²) in [6.07, 6.45) is -0.701. The van der Waals surface area contributed by atoms with Gasteiger partial charge in [-0.1, -0.05) is 0 Å². The number of hydrogen-bond donors (Lipinski definition) is 0. The van der Waals surface area contributed by atoms with Gasteiger partial charge in [0.2, 0.25) is 5.16 Å². The molecule has 0 amide bonds. The van der Waals surface area contributed by atoms with Gasteiger partial charge in [0.15, 0.2) is 0 Å². The Morgan fingerprint density at radius 2 is 1.94 bits per heavy atom. The van der Waals surface area contributed by atoms with Gasteiger partial charge >= 0.3 is 6.43 Å². The maximum absolute atomic E-state index is 12.2. The fourth-order valence-electron chi connectivity index (χ4n) is 0.952. The highest BCUT2D eigenvalue weighted by atomic mass is 32.2. The fourth-order valence-corrected chi connectivity index (χ4v) is 1.23. The molecule has 2 rings (SSSR count). The summed E-state index contributed by atoms with van der Waals surface area (Å²) in [5.74, 6) is -1.03. The van der Waals surface area contributed by atoms with E-state index in [9.17, 15) is 17.5 Å². The van der Waals surface area contributed by atoms with Crippen LogP contribution in [0.2, 0.25) is 0 Å². The van der Waals surface area contributed by atoms with Crippen LogP contribution in [0, 0.1) is 0 Å². The van der Waals surface area contributed by atoms with Crippen LogP contribution in [0.5, 0.6) is 0 Å². The molecule has 2 aromatic heterocycles. The largest absolute Gasteiger partial charge is 0.766 e. The van der Waals surface area contributed by atoms with Crippen LogP contribution < -0.4 is 0 Å². The summed E-state index contributed by atoms with van der Waals surface area (Å²) in [4.78, 5) is 6.94. The van der Waals surface area contributed by atoms with Gasteiger partial charge in [0.1, 0.15) is 0 Å². The number of nitrogens with zero attached hydrogens (tertiary/aromatic N) is 4. The molecule has 0 aromatic carbocycles. The molecule has 0 bridgehead atoms. The molecule has 1 unspecified atom stereocenters. The third kappa shape index (κ3) is 2.47. The van der Waals surface area contributed by atoms with Crippen molar-refractivity contribution in [1.82, 2.24) is 20.2 Å². The maximum atomic E-state index is 12.2. The van der Waals surface area contributed by atoms with Crippen LogP contribution in [-0.2, 0) is 11.1 Å². The van der Waals surface area contributed by atoms with E-state index < -0.39 is 28.6 Å². The summed E-state index contributed by atoms with van der Waals surface area (Å²) in [6.45, 7) is 0. The van der Waals surface area contributed by atoms with Crippen molar-refractivity contribution in [2.45, 2.75) is 11.6 Å². The molecule has 7 nitrogen and oxygen atoms in total. The van der Waals surface area contributed by atoms with Gasteiger partial charge in [-0.3, -0.25) is 4.21 Å². The predicted molar refractivity (Wildman–Crippen MR) is 47.5 cm³/mol. The van der Waals surface area contributed by atoms with Crippen LogP contribution >= 0.6 is 0 Å². The summed E-state index contributed by atoms with van der Waals surface area (Å²) in [6, 6.07) is 0. The molecular formula is C7H3F2N4O3S-. The average Bonchev–Trinajstić information content (AvgIpc) is 2.78. The van der Waals surface area contributed by atoms with Gasteiger partial charge in [0, 0.05) is 23.5 Å². The Morgan fingerprint density at radius 1 is 1.29 bits per heavy atom. The topological polar surface area (TPSA) is 105 Å². The number of alkyl halides is 2. The summed E-state index contributed by atoms with van der Waals surface area (Å²) in [7, 11) is 0. The van der Waals surface area contributed by atoms with Crippen molar-refractivity contribution < 1.29 is 22.0 Å². The van der Waals surface area contributed by atoms with Gasteiger partial charge in [-0.15, -0.1) is 10.2 Å².